The molecule has 0 bridgehead atoms. The van der Waals surface area contributed by atoms with Crippen molar-refractivity contribution < 1.29 is 53.2 Å². The van der Waals surface area contributed by atoms with Crippen LogP contribution in [0.15, 0.2) is 78.9 Å². The van der Waals surface area contributed by atoms with Crippen LogP contribution in [0.2, 0.25) is 0 Å². The second-order valence-corrected chi connectivity index (χ2v) is 11.5. The second kappa shape index (κ2) is 21.2. The molecule has 3 aromatic rings. The van der Waals surface area contributed by atoms with Crippen LogP contribution in [-0.2, 0) is 19.9 Å². The van der Waals surface area contributed by atoms with E-state index in [1.54, 1.807) is 14.2 Å². The Morgan fingerprint density at radius 3 is 1.78 bits per heavy atom. The van der Waals surface area contributed by atoms with Crippen molar-refractivity contribution in [2.45, 2.75) is 69.2 Å². The summed E-state index contributed by atoms with van der Waals surface area (Å²) < 4.78 is 24.4. The number of benzene rings is 3. The van der Waals surface area contributed by atoms with Crippen LogP contribution in [0.25, 0.3) is 0 Å². The van der Waals surface area contributed by atoms with E-state index in [-0.39, 0.29) is 43.2 Å². The van der Waals surface area contributed by atoms with Gasteiger partial charge in [0.05, 0.1) is 39.6 Å². The number of aliphatic hydroxyl groups excluding tert-OH is 1. The molecule has 9 heteroatoms. The van der Waals surface area contributed by atoms with Gasteiger partial charge in [0, 0.05) is 13.1 Å². The molecule has 1 fully saturated rings. The molecule has 4 rings (SSSR count). The summed E-state index contributed by atoms with van der Waals surface area (Å²) in [4.78, 5) is 12.8. The molecule has 0 radical (unpaired) electrons. The Balaban J connectivity index is 0.00000368. The average Bonchev–Trinajstić information content (AvgIpc) is 3.08. The van der Waals surface area contributed by atoms with E-state index < -0.39 is 5.60 Å². The van der Waals surface area contributed by atoms with Crippen molar-refractivity contribution in [3.05, 3.63) is 95.6 Å². The molecule has 8 nitrogen and oxygen atoms in total. The zero-order chi connectivity index (χ0) is 31.0. The van der Waals surface area contributed by atoms with Crippen molar-refractivity contribution in [3.8, 4) is 11.5 Å². The Morgan fingerprint density at radius 2 is 1.26 bits per heavy atom. The number of carbonyl (C=O) groups excluding carboxylic acids is 1. The largest absolute Gasteiger partial charge is 1.00 e. The summed E-state index contributed by atoms with van der Waals surface area (Å²) in [6.45, 7) is 2.76. The molecular weight excluding hydrogens is 577 g/mol. The number of methoxy groups -OCH3 is 2. The van der Waals surface area contributed by atoms with Gasteiger partial charge in [0.2, 0.25) is 0 Å². The Kier molecular flexibility index (Phi) is 18.2. The minimum absolute atomic E-state index is 0. The van der Waals surface area contributed by atoms with Gasteiger partial charge in [-0.05, 0) is 53.9 Å². The number of ether oxygens (including phenoxy) is 4. The first-order valence-corrected chi connectivity index (χ1v) is 15.9. The minimum Gasteiger partial charge on any atom is -0.870 e. The fourth-order valence-electron chi connectivity index (χ4n) is 6.09. The van der Waals surface area contributed by atoms with Gasteiger partial charge in [-0.25, -0.2) is 0 Å². The van der Waals surface area contributed by atoms with Crippen molar-refractivity contribution >= 4 is 6.29 Å². The van der Waals surface area contributed by atoms with Gasteiger partial charge in [-0.2, -0.15) is 6.42 Å². The van der Waals surface area contributed by atoms with Crippen LogP contribution in [0.5, 0.6) is 11.5 Å². The Hall–Kier alpha value is -2.67. The quantitative estimate of drug-likeness (QED) is 0.0937. The third kappa shape index (κ3) is 11.0. The van der Waals surface area contributed by atoms with Gasteiger partial charge >= 0.3 is 18.9 Å². The summed E-state index contributed by atoms with van der Waals surface area (Å²) >= 11 is 0. The Labute approximate surface area is 286 Å². The molecule has 3 aromatic carbocycles. The molecule has 246 valence electrons. The van der Waals surface area contributed by atoms with Gasteiger partial charge in [-0.1, -0.05) is 93.1 Å². The molecule has 1 aliphatic heterocycles. The molecule has 0 amide bonds. The van der Waals surface area contributed by atoms with Gasteiger partial charge in [0.1, 0.15) is 17.1 Å². The van der Waals surface area contributed by atoms with Crippen molar-refractivity contribution in [2.75, 3.05) is 47.1 Å². The predicted octanol–water partition coefficient (Wildman–Crippen LogP) is 3.13. The number of morpholine rings is 1. The topological polar surface area (TPSA) is 107 Å². The zero-order valence-electron chi connectivity index (χ0n) is 27.7. The van der Waals surface area contributed by atoms with Gasteiger partial charge in [0.25, 0.3) is 0 Å². The number of rotatable bonds is 19. The number of hydrogen-bond donors (Lipinski definition) is 1. The fourth-order valence-corrected chi connectivity index (χ4v) is 6.09. The third-order valence-electron chi connectivity index (χ3n) is 8.42. The minimum atomic E-state index is -0.913. The Bertz CT molecular complexity index is 1180. The maximum atomic E-state index is 10.4. The monoisotopic (exact) mass is 626 g/mol. The van der Waals surface area contributed by atoms with Crippen LogP contribution < -0.4 is 28.3 Å². The van der Waals surface area contributed by atoms with E-state index in [4.69, 9.17) is 18.9 Å². The van der Waals surface area contributed by atoms with Gasteiger partial charge in [-0.3, -0.25) is 11.2 Å². The molecule has 0 aliphatic carbocycles. The smallest absolute Gasteiger partial charge is 0.870 e. The van der Waals surface area contributed by atoms with Gasteiger partial charge in [-0.15, -0.1) is 0 Å². The first kappa shape index (κ1) is 39.5. The van der Waals surface area contributed by atoms with E-state index in [1.807, 2.05) is 48.8 Å². The normalized spacial score (nSPS) is 16.6. The summed E-state index contributed by atoms with van der Waals surface area (Å²) in [5.74, 6) is 1.55. The van der Waals surface area contributed by atoms with Crippen LogP contribution >= 0.6 is 0 Å². The average molecular weight is 627 g/mol. The summed E-state index contributed by atoms with van der Waals surface area (Å²) in [6, 6.07) is 26.3. The first-order chi connectivity index (χ1) is 21.6. The number of nitrogens with zero attached hydrogens (tertiary/aromatic N) is 1. The summed E-state index contributed by atoms with van der Waals surface area (Å²) in [6.07, 6.45) is 10.0. The van der Waals surface area contributed by atoms with Crippen LogP contribution in [0, 0.1) is 0 Å². The van der Waals surface area contributed by atoms with Crippen molar-refractivity contribution in [3.63, 3.8) is 0 Å². The first-order valence-electron chi connectivity index (χ1n) is 15.9. The molecular formula is C37H49LiNO7-. The Morgan fingerprint density at radius 1 is 0.761 bits per heavy atom. The molecule has 0 aromatic heterocycles. The second-order valence-electron chi connectivity index (χ2n) is 11.5. The summed E-state index contributed by atoms with van der Waals surface area (Å²) in [7, 11) is 3.33. The molecule has 2 atom stereocenters. The van der Waals surface area contributed by atoms with E-state index in [9.17, 15) is 9.90 Å². The third-order valence-corrected chi connectivity index (χ3v) is 8.42. The molecule has 1 saturated heterocycles. The molecule has 46 heavy (non-hydrogen) atoms. The summed E-state index contributed by atoms with van der Waals surface area (Å²) in [5, 5.41) is 10.1. The van der Waals surface area contributed by atoms with E-state index in [2.05, 4.69) is 41.3 Å². The predicted molar refractivity (Wildman–Crippen MR) is 175 cm³/mol. The zero-order valence-corrected chi connectivity index (χ0v) is 27.7. The fraction of sp³-hybridized carbons (Fsp3) is 0.486. The van der Waals surface area contributed by atoms with E-state index >= 15 is 0 Å². The van der Waals surface area contributed by atoms with Crippen LogP contribution in [0.4, 0.5) is 0 Å². The van der Waals surface area contributed by atoms with Crippen molar-refractivity contribution in [2.24, 2.45) is 0 Å². The number of hydrogen-bond acceptors (Lipinski definition) is 8. The van der Waals surface area contributed by atoms with E-state index in [0.29, 0.717) is 13.0 Å². The van der Waals surface area contributed by atoms with Crippen molar-refractivity contribution in [1.82, 2.24) is 4.90 Å². The standard InChI is InChI=1S/C37H48NO6.Li.H2O/c1-41-33-20-16-31(17-21-33)37(30-14-10-9-11-15-30,32-18-22-34(42-2)23-19-32)43-29-36-27-38(26-35(28-40)44-36)24-12-7-5-3-4-6-8-13-25-39;;/h9-11,14-23,35-36,40H,3-8,12-13,24,26-29H2,1-2H3;;1H2/q-1;+1;/p-1/t35-,36-;;/m0../s1. The van der Waals surface area contributed by atoms with E-state index in [1.165, 1.54) is 25.7 Å². The van der Waals surface area contributed by atoms with Crippen LogP contribution in [0.3, 0.4) is 0 Å². The SMILES string of the molecule is COc1ccc(C(OC[C@@H]2CN(CCCCCCCCC[C-]=O)C[C@@H](CO)O2)(c2ccccc2)c2ccc(OC)cc2)cc1.[Li+].[OH-]. The summed E-state index contributed by atoms with van der Waals surface area (Å²) in [5.41, 5.74) is 2.05. The maximum Gasteiger partial charge on any atom is 1.00 e. The number of unbranched alkanes of at least 4 members (excludes halogenated alkanes) is 7. The van der Waals surface area contributed by atoms with Crippen molar-refractivity contribution in [1.29, 1.82) is 0 Å². The molecule has 0 unspecified atom stereocenters. The molecule has 2 N–H and O–H groups in total. The molecule has 0 saturated carbocycles. The maximum absolute atomic E-state index is 10.4. The number of aliphatic hydroxyl groups is 1. The van der Waals surface area contributed by atoms with Crippen LogP contribution in [0.1, 0.15) is 68.1 Å². The van der Waals surface area contributed by atoms with E-state index in [0.717, 1.165) is 67.1 Å². The molecule has 1 aliphatic rings. The van der Waals surface area contributed by atoms with Gasteiger partial charge < -0.3 is 34.3 Å². The van der Waals surface area contributed by atoms with Crippen LogP contribution in [-0.4, -0.2) is 81.0 Å². The van der Waals surface area contributed by atoms with Gasteiger partial charge in [0.15, 0.2) is 0 Å². The molecule has 0 spiro atoms. The molecule has 1 heterocycles.